The van der Waals surface area contributed by atoms with E-state index < -0.39 is 23.4 Å². The number of carbonyl (C=O) groups is 1. The Labute approximate surface area is 163 Å². The zero-order chi connectivity index (χ0) is 20.5. The molecule has 0 atom stereocenters. The van der Waals surface area contributed by atoms with Gasteiger partial charge < -0.3 is 5.11 Å². The Morgan fingerprint density at radius 1 is 0.828 bits per heavy atom. The Bertz CT molecular complexity index is 1200. The summed E-state index contributed by atoms with van der Waals surface area (Å²) < 4.78 is 41.9. The predicted molar refractivity (Wildman–Crippen MR) is 101 cm³/mol. The fourth-order valence-electron chi connectivity index (χ4n) is 3.10. The molecular formula is C22H13F3N2O2. The number of hydrogen-bond acceptors (Lipinski definition) is 2. The van der Waals surface area contributed by atoms with Crippen molar-refractivity contribution in [2.45, 2.75) is 0 Å². The minimum absolute atomic E-state index is 0.0282. The monoisotopic (exact) mass is 394 g/mol. The van der Waals surface area contributed by atoms with Gasteiger partial charge in [-0.3, -0.25) is 0 Å². The Hall–Kier alpha value is -3.87. The standard InChI is InChI=1S/C22H13F3N2O2/c23-15-7-9-16(10-8-15)27-21(13-4-2-1-3-5-13)19(22(28)29)20(26-27)14-6-11-17(24)18(25)12-14/h1-12H,(H,28,29). The summed E-state index contributed by atoms with van der Waals surface area (Å²) in [6.45, 7) is 0. The summed E-state index contributed by atoms with van der Waals surface area (Å²) in [4.78, 5) is 12.2. The molecule has 0 amide bonds. The zero-order valence-electron chi connectivity index (χ0n) is 14.8. The van der Waals surface area contributed by atoms with Crippen molar-refractivity contribution in [2.24, 2.45) is 0 Å². The first-order valence-electron chi connectivity index (χ1n) is 8.59. The highest BCUT2D eigenvalue weighted by atomic mass is 19.2. The van der Waals surface area contributed by atoms with Gasteiger partial charge in [-0.15, -0.1) is 0 Å². The van der Waals surface area contributed by atoms with Gasteiger partial charge in [-0.25, -0.2) is 22.6 Å². The van der Waals surface area contributed by atoms with Crippen LogP contribution in [0.25, 0.3) is 28.2 Å². The number of nitrogens with zero attached hydrogens (tertiary/aromatic N) is 2. The fraction of sp³-hybridized carbons (Fsp3) is 0. The van der Waals surface area contributed by atoms with Crippen LogP contribution in [0.1, 0.15) is 10.4 Å². The van der Waals surface area contributed by atoms with Crippen molar-refractivity contribution < 1.29 is 23.1 Å². The van der Waals surface area contributed by atoms with Crippen molar-refractivity contribution in [1.82, 2.24) is 9.78 Å². The van der Waals surface area contributed by atoms with Gasteiger partial charge in [0.1, 0.15) is 17.1 Å². The number of carboxylic acid groups (broad SMARTS) is 1. The molecule has 1 N–H and O–H groups in total. The SMILES string of the molecule is O=C(O)c1c(-c2ccc(F)c(F)c2)nn(-c2ccc(F)cc2)c1-c1ccccc1. The van der Waals surface area contributed by atoms with Crippen molar-refractivity contribution in [2.75, 3.05) is 0 Å². The molecule has 1 heterocycles. The van der Waals surface area contributed by atoms with Crippen LogP contribution in [-0.2, 0) is 0 Å². The van der Waals surface area contributed by atoms with Gasteiger partial charge in [-0.05, 0) is 42.5 Å². The smallest absolute Gasteiger partial charge is 0.340 e. The van der Waals surface area contributed by atoms with E-state index in [1.165, 1.54) is 35.0 Å². The van der Waals surface area contributed by atoms with E-state index in [-0.39, 0.29) is 22.5 Å². The summed E-state index contributed by atoms with van der Waals surface area (Å²) in [6.07, 6.45) is 0. The van der Waals surface area contributed by atoms with E-state index >= 15 is 0 Å². The Morgan fingerprint density at radius 3 is 2.14 bits per heavy atom. The molecule has 4 nitrogen and oxygen atoms in total. The quantitative estimate of drug-likeness (QED) is 0.510. The van der Waals surface area contributed by atoms with Crippen LogP contribution in [0, 0.1) is 17.5 Å². The van der Waals surface area contributed by atoms with Gasteiger partial charge in [0.2, 0.25) is 0 Å². The van der Waals surface area contributed by atoms with E-state index in [1.807, 2.05) is 0 Å². The predicted octanol–water partition coefficient (Wildman–Crippen LogP) is 5.32. The summed E-state index contributed by atoms with van der Waals surface area (Å²) >= 11 is 0. The van der Waals surface area contributed by atoms with Crippen LogP contribution in [0.15, 0.2) is 72.8 Å². The van der Waals surface area contributed by atoms with Crippen LogP contribution in [0.3, 0.4) is 0 Å². The fourth-order valence-corrected chi connectivity index (χ4v) is 3.10. The van der Waals surface area contributed by atoms with Crippen molar-refractivity contribution in [3.8, 4) is 28.2 Å². The highest BCUT2D eigenvalue weighted by Crippen LogP contribution is 2.34. The lowest BCUT2D eigenvalue weighted by Gasteiger charge is -2.08. The number of rotatable bonds is 4. The second-order valence-electron chi connectivity index (χ2n) is 6.26. The van der Waals surface area contributed by atoms with Gasteiger partial charge in [-0.1, -0.05) is 30.3 Å². The third kappa shape index (κ3) is 3.38. The Balaban J connectivity index is 2.05. The molecule has 0 bridgehead atoms. The van der Waals surface area contributed by atoms with E-state index in [0.717, 1.165) is 12.1 Å². The molecule has 4 aromatic rings. The lowest BCUT2D eigenvalue weighted by molar-refractivity contribution is 0.0698. The van der Waals surface area contributed by atoms with E-state index in [9.17, 15) is 23.1 Å². The third-order valence-corrected chi connectivity index (χ3v) is 4.41. The maximum atomic E-state index is 13.8. The molecule has 0 aliphatic heterocycles. The highest BCUT2D eigenvalue weighted by molar-refractivity contribution is 6.01. The number of aromatic carboxylic acids is 1. The Kier molecular flexibility index (Phi) is 4.64. The minimum Gasteiger partial charge on any atom is -0.478 e. The van der Waals surface area contributed by atoms with E-state index in [1.54, 1.807) is 30.3 Å². The van der Waals surface area contributed by atoms with Crippen LogP contribution in [-0.4, -0.2) is 20.9 Å². The molecule has 0 saturated carbocycles. The van der Waals surface area contributed by atoms with Crippen molar-refractivity contribution >= 4 is 5.97 Å². The van der Waals surface area contributed by atoms with E-state index in [4.69, 9.17) is 0 Å². The number of carboxylic acids is 1. The lowest BCUT2D eigenvalue weighted by Crippen LogP contribution is -2.03. The number of benzene rings is 3. The topological polar surface area (TPSA) is 55.1 Å². The second kappa shape index (κ2) is 7.27. The van der Waals surface area contributed by atoms with Gasteiger partial charge in [0.25, 0.3) is 0 Å². The number of hydrogen-bond donors (Lipinski definition) is 1. The Morgan fingerprint density at radius 2 is 1.52 bits per heavy atom. The lowest BCUT2D eigenvalue weighted by atomic mass is 10.0. The average Bonchev–Trinajstić information content (AvgIpc) is 3.12. The van der Waals surface area contributed by atoms with Gasteiger partial charge in [0.15, 0.2) is 11.6 Å². The summed E-state index contributed by atoms with van der Waals surface area (Å²) in [5.74, 6) is -3.90. The average molecular weight is 394 g/mol. The minimum atomic E-state index is -1.28. The molecule has 144 valence electrons. The van der Waals surface area contributed by atoms with Crippen LogP contribution in [0.5, 0.6) is 0 Å². The summed E-state index contributed by atoms with van der Waals surface area (Å²) in [5, 5.41) is 14.3. The van der Waals surface area contributed by atoms with Crippen molar-refractivity contribution in [1.29, 1.82) is 0 Å². The maximum absolute atomic E-state index is 13.8. The van der Waals surface area contributed by atoms with Crippen LogP contribution in [0.4, 0.5) is 13.2 Å². The highest BCUT2D eigenvalue weighted by Gasteiger charge is 2.26. The van der Waals surface area contributed by atoms with Crippen molar-refractivity contribution in [3.63, 3.8) is 0 Å². The molecule has 0 spiro atoms. The first kappa shape index (κ1) is 18.5. The summed E-state index contributed by atoms with van der Waals surface area (Å²) in [5.41, 5.74) is 1.12. The molecule has 0 aliphatic carbocycles. The van der Waals surface area contributed by atoms with Crippen LogP contribution < -0.4 is 0 Å². The first-order chi connectivity index (χ1) is 14.0. The molecule has 4 rings (SSSR count). The van der Waals surface area contributed by atoms with Gasteiger partial charge in [-0.2, -0.15) is 5.10 Å². The normalized spacial score (nSPS) is 10.9. The largest absolute Gasteiger partial charge is 0.478 e. The first-order valence-corrected chi connectivity index (χ1v) is 8.59. The number of halogens is 3. The van der Waals surface area contributed by atoms with Gasteiger partial charge >= 0.3 is 5.97 Å². The maximum Gasteiger partial charge on any atom is 0.340 e. The molecule has 0 saturated heterocycles. The molecule has 0 fully saturated rings. The van der Waals surface area contributed by atoms with E-state index in [2.05, 4.69) is 5.10 Å². The van der Waals surface area contributed by atoms with E-state index in [0.29, 0.717) is 11.3 Å². The molecule has 0 radical (unpaired) electrons. The number of aromatic nitrogens is 2. The molecule has 29 heavy (non-hydrogen) atoms. The zero-order valence-corrected chi connectivity index (χ0v) is 14.8. The molecule has 7 heteroatoms. The van der Waals surface area contributed by atoms with Gasteiger partial charge in [0, 0.05) is 11.1 Å². The van der Waals surface area contributed by atoms with Crippen LogP contribution >= 0.6 is 0 Å². The molecule has 1 aromatic heterocycles. The van der Waals surface area contributed by atoms with Crippen LogP contribution in [0.2, 0.25) is 0 Å². The van der Waals surface area contributed by atoms with Crippen molar-refractivity contribution in [3.05, 3.63) is 95.8 Å². The molecular weight excluding hydrogens is 381 g/mol. The summed E-state index contributed by atoms with van der Waals surface area (Å²) in [7, 11) is 0. The molecule has 3 aromatic carbocycles. The molecule has 0 unspecified atom stereocenters. The third-order valence-electron chi connectivity index (χ3n) is 4.41. The second-order valence-corrected chi connectivity index (χ2v) is 6.26. The van der Waals surface area contributed by atoms with Gasteiger partial charge in [0.05, 0.1) is 11.4 Å². The summed E-state index contributed by atoms with van der Waals surface area (Å²) in [6, 6.07) is 17.1. The molecule has 0 aliphatic rings.